The molecule has 1 aromatic rings. The first kappa shape index (κ1) is 20.3. The second kappa shape index (κ2) is 6.96. The summed E-state index contributed by atoms with van der Waals surface area (Å²) in [5, 5.41) is 31.0. The summed E-state index contributed by atoms with van der Waals surface area (Å²) in [6.45, 7) is 3.32. The molecule has 7 atom stereocenters. The third-order valence-corrected chi connectivity index (χ3v) is 6.55. The Labute approximate surface area is 177 Å². The Bertz CT molecular complexity index is 1030. The third kappa shape index (κ3) is 2.95. The number of aliphatic hydroxyl groups is 3. The Morgan fingerprint density at radius 1 is 0.968 bits per heavy atom. The van der Waals surface area contributed by atoms with Crippen molar-refractivity contribution in [2.75, 3.05) is 0 Å². The zero-order valence-corrected chi connectivity index (χ0v) is 16.9. The van der Waals surface area contributed by atoms with Gasteiger partial charge in [-0.15, -0.1) is 0 Å². The van der Waals surface area contributed by atoms with Gasteiger partial charge in [-0.25, -0.2) is 0 Å². The molecule has 9 heteroatoms. The van der Waals surface area contributed by atoms with Gasteiger partial charge in [0.25, 0.3) is 0 Å². The SMILES string of the molecule is CC1OC(C2=C(O)c3cc4c(cc3C(=O)C2=O)[C@H](C)OC2CC(=O)OC42)CC(O)C1O. The number of carbonyl (C=O) groups excluding carboxylic acids is 3. The highest BCUT2D eigenvalue weighted by atomic mass is 16.6. The number of Topliss-reactive ketones (excluding diaryl/α,β-unsaturated/α-hetero) is 2. The largest absolute Gasteiger partial charge is 0.507 e. The Hall–Kier alpha value is -2.59. The summed E-state index contributed by atoms with van der Waals surface area (Å²) in [7, 11) is 0. The highest BCUT2D eigenvalue weighted by Gasteiger charge is 2.47. The highest BCUT2D eigenvalue weighted by Crippen LogP contribution is 2.46. The maximum absolute atomic E-state index is 12.9. The van der Waals surface area contributed by atoms with Gasteiger partial charge in [-0.3, -0.25) is 14.4 Å². The molecule has 164 valence electrons. The van der Waals surface area contributed by atoms with Gasteiger partial charge >= 0.3 is 5.97 Å². The maximum Gasteiger partial charge on any atom is 0.309 e. The average molecular weight is 430 g/mol. The fraction of sp³-hybridized carbons (Fsp3) is 0.500. The van der Waals surface area contributed by atoms with Crippen molar-refractivity contribution in [3.63, 3.8) is 0 Å². The van der Waals surface area contributed by atoms with Crippen LogP contribution >= 0.6 is 0 Å². The van der Waals surface area contributed by atoms with Crippen LogP contribution in [0.4, 0.5) is 0 Å². The summed E-state index contributed by atoms with van der Waals surface area (Å²) in [5.74, 6) is -2.53. The number of aliphatic hydroxyl groups excluding tert-OH is 3. The Balaban J connectivity index is 1.63. The molecule has 3 N–H and O–H groups in total. The molecule has 2 fully saturated rings. The number of hydrogen-bond donors (Lipinski definition) is 3. The van der Waals surface area contributed by atoms with Gasteiger partial charge in [0.15, 0.2) is 6.10 Å². The van der Waals surface area contributed by atoms with Crippen molar-refractivity contribution >= 4 is 23.3 Å². The highest BCUT2D eigenvalue weighted by molar-refractivity contribution is 6.52. The van der Waals surface area contributed by atoms with Crippen LogP contribution in [-0.4, -0.2) is 63.4 Å². The van der Waals surface area contributed by atoms with Crippen LogP contribution in [-0.2, 0) is 23.8 Å². The molecule has 31 heavy (non-hydrogen) atoms. The van der Waals surface area contributed by atoms with Crippen LogP contribution in [0.1, 0.15) is 65.9 Å². The minimum absolute atomic E-state index is 0.0349. The monoisotopic (exact) mass is 430 g/mol. The molecule has 9 nitrogen and oxygen atoms in total. The Morgan fingerprint density at radius 3 is 2.39 bits per heavy atom. The Morgan fingerprint density at radius 2 is 1.68 bits per heavy atom. The van der Waals surface area contributed by atoms with Gasteiger partial charge in [0, 0.05) is 23.1 Å². The van der Waals surface area contributed by atoms with Crippen molar-refractivity contribution in [3.8, 4) is 0 Å². The first-order valence-electron chi connectivity index (χ1n) is 10.2. The van der Waals surface area contributed by atoms with Crippen molar-refractivity contribution < 1.29 is 43.9 Å². The number of hydrogen-bond acceptors (Lipinski definition) is 9. The van der Waals surface area contributed by atoms with Crippen LogP contribution in [0.5, 0.6) is 0 Å². The normalized spacial score (nSPS) is 37.3. The van der Waals surface area contributed by atoms with E-state index in [0.717, 1.165) is 0 Å². The van der Waals surface area contributed by atoms with Gasteiger partial charge < -0.3 is 29.5 Å². The van der Waals surface area contributed by atoms with Crippen LogP contribution in [0, 0.1) is 0 Å². The molecule has 0 spiro atoms. The second-order valence-corrected chi connectivity index (χ2v) is 8.50. The second-order valence-electron chi connectivity index (χ2n) is 8.50. The lowest BCUT2D eigenvalue weighted by atomic mass is 9.79. The van der Waals surface area contributed by atoms with Crippen LogP contribution in [0.2, 0.25) is 0 Å². The molecule has 0 saturated carbocycles. The lowest BCUT2D eigenvalue weighted by molar-refractivity contribution is -0.153. The van der Waals surface area contributed by atoms with Gasteiger partial charge in [-0.05, 0) is 31.5 Å². The standard InChI is InChI=1S/C22H22O9/c1-7-9-3-11-10(4-12(9)22-15(29-7)6-16(24)31-22)19(26)17(21(28)20(11)27)14-5-13(23)18(25)8(2)30-14/h3-4,7-8,13-15,18,22-23,25-26H,5-6H2,1-2H3/t7-,8?,13?,14?,15?,18?,22?/m0/s1. The number of fused-ring (bicyclic) bond motifs is 4. The predicted octanol–water partition coefficient (Wildman–Crippen LogP) is 1.07. The maximum atomic E-state index is 12.9. The lowest BCUT2D eigenvalue weighted by Gasteiger charge is -2.37. The van der Waals surface area contributed by atoms with Crippen molar-refractivity contribution in [3.05, 3.63) is 40.0 Å². The fourth-order valence-corrected chi connectivity index (χ4v) is 4.92. The summed E-state index contributed by atoms with van der Waals surface area (Å²) in [5.41, 5.74) is 1.18. The molecule has 5 rings (SSSR count). The molecule has 4 aliphatic rings. The van der Waals surface area contributed by atoms with E-state index >= 15 is 0 Å². The predicted molar refractivity (Wildman–Crippen MR) is 103 cm³/mol. The molecule has 0 bridgehead atoms. The number of rotatable bonds is 1. The molecule has 3 aliphatic heterocycles. The van der Waals surface area contributed by atoms with Crippen molar-refractivity contribution in [1.82, 2.24) is 0 Å². The summed E-state index contributed by atoms with van der Waals surface area (Å²) < 4.78 is 16.9. The molecular weight excluding hydrogens is 408 g/mol. The molecule has 0 radical (unpaired) electrons. The Kier molecular flexibility index (Phi) is 4.56. The fourth-order valence-electron chi connectivity index (χ4n) is 4.92. The van der Waals surface area contributed by atoms with Gasteiger partial charge in [0.1, 0.15) is 18.0 Å². The average Bonchev–Trinajstić information content (AvgIpc) is 3.09. The van der Waals surface area contributed by atoms with Gasteiger partial charge in [-0.1, -0.05) is 0 Å². The van der Waals surface area contributed by atoms with E-state index in [1.807, 2.05) is 0 Å². The van der Waals surface area contributed by atoms with Gasteiger partial charge in [0.05, 0.1) is 36.4 Å². The lowest BCUT2D eigenvalue weighted by Crippen LogP contribution is -2.49. The number of ether oxygens (including phenoxy) is 3. The number of esters is 1. The molecule has 0 aromatic heterocycles. The van der Waals surface area contributed by atoms with Crippen molar-refractivity contribution in [2.45, 2.75) is 69.4 Å². The topological polar surface area (TPSA) is 140 Å². The van der Waals surface area contributed by atoms with Gasteiger partial charge in [-0.2, -0.15) is 0 Å². The molecule has 6 unspecified atom stereocenters. The molecule has 2 saturated heterocycles. The summed E-state index contributed by atoms with van der Waals surface area (Å²) in [6.07, 6.45) is -5.71. The zero-order chi connectivity index (χ0) is 22.2. The molecular formula is C22H22O9. The number of ketones is 2. The van der Waals surface area contributed by atoms with E-state index in [2.05, 4.69) is 0 Å². The number of carbonyl (C=O) groups is 3. The molecule has 1 aliphatic carbocycles. The molecule has 1 aromatic carbocycles. The third-order valence-electron chi connectivity index (χ3n) is 6.55. The first-order valence-corrected chi connectivity index (χ1v) is 10.2. The van der Waals surface area contributed by atoms with Crippen molar-refractivity contribution in [2.24, 2.45) is 0 Å². The minimum atomic E-state index is -1.17. The minimum Gasteiger partial charge on any atom is -0.507 e. The van der Waals surface area contributed by atoms with Crippen LogP contribution in [0.15, 0.2) is 17.7 Å². The first-order chi connectivity index (χ1) is 14.7. The van der Waals surface area contributed by atoms with E-state index in [-0.39, 0.29) is 29.5 Å². The van der Waals surface area contributed by atoms with Crippen LogP contribution < -0.4 is 0 Å². The molecule has 3 heterocycles. The zero-order valence-electron chi connectivity index (χ0n) is 16.9. The summed E-state index contributed by atoms with van der Waals surface area (Å²) in [4.78, 5) is 37.6. The van der Waals surface area contributed by atoms with E-state index in [1.54, 1.807) is 13.0 Å². The smallest absolute Gasteiger partial charge is 0.309 e. The van der Waals surface area contributed by atoms with Crippen molar-refractivity contribution in [1.29, 1.82) is 0 Å². The van der Waals surface area contributed by atoms with E-state index < -0.39 is 66.0 Å². The van der Waals surface area contributed by atoms with E-state index in [9.17, 15) is 29.7 Å². The quantitative estimate of drug-likeness (QED) is 0.441. The summed E-state index contributed by atoms with van der Waals surface area (Å²) >= 11 is 0. The van der Waals surface area contributed by atoms with Crippen LogP contribution in [0.25, 0.3) is 5.76 Å². The van der Waals surface area contributed by atoms with Crippen LogP contribution in [0.3, 0.4) is 0 Å². The number of benzene rings is 1. The molecule has 0 amide bonds. The van der Waals surface area contributed by atoms with Gasteiger partial charge in [0.2, 0.25) is 11.6 Å². The van der Waals surface area contributed by atoms with E-state index in [1.165, 1.54) is 13.0 Å². The van der Waals surface area contributed by atoms with E-state index in [4.69, 9.17) is 14.2 Å². The van der Waals surface area contributed by atoms with E-state index in [0.29, 0.717) is 11.1 Å². The summed E-state index contributed by atoms with van der Waals surface area (Å²) in [6, 6.07) is 3.07.